The van der Waals surface area contributed by atoms with Crippen molar-refractivity contribution in [1.29, 1.82) is 0 Å². The molecule has 1 fully saturated rings. The largest absolute Gasteiger partial charge is 0.309 e. The molecule has 0 spiro atoms. The summed E-state index contributed by atoms with van der Waals surface area (Å²) in [6.45, 7) is 3.37. The van der Waals surface area contributed by atoms with E-state index in [0.717, 1.165) is 18.5 Å². The average Bonchev–Trinajstić information content (AvgIpc) is 2.56. The van der Waals surface area contributed by atoms with Gasteiger partial charge in [0.25, 0.3) is 0 Å². The summed E-state index contributed by atoms with van der Waals surface area (Å²) in [5.74, 6) is 0.896. The fourth-order valence-electron chi connectivity index (χ4n) is 2.34. The molecule has 1 aliphatic rings. The molecule has 2 atom stereocenters. The molecule has 1 nitrogen and oxygen atoms in total. The average molecular weight is 367 g/mol. The van der Waals surface area contributed by atoms with Crippen molar-refractivity contribution in [2.45, 2.75) is 45.2 Å². The minimum atomic E-state index is 0.725. The number of hydrogen-bond donors (Lipinski definition) is 1. The molecule has 1 aliphatic carbocycles. The zero-order valence-electron chi connectivity index (χ0n) is 9.43. The van der Waals surface area contributed by atoms with E-state index in [1.165, 1.54) is 38.8 Å². The van der Waals surface area contributed by atoms with Gasteiger partial charge in [-0.15, -0.1) is 11.3 Å². The first kappa shape index (κ1) is 13.1. The van der Waals surface area contributed by atoms with E-state index in [4.69, 9.17) is 0 Å². The normalized spacial score (nSPS) is 25.9. The number of hydrogen-bond acceptors (Lipinski definition) is 2. The van der Waals surface area contributed by atoms with E-state index < -0.39 is 0 Å². The van der Waals surface area contributed by atoms with Crippen LogP contribution in [0.3, 0.4) is 0 Å². The van der Waals surface area contributed by atoms with Crippen LogP contribution in [0.4, 0.5) is 0 Å². The van der Waals surface area contributed by atoms with E-state index in [0.29, 0.717) is 0 Å². The minimum Gasteiger partial charge on any atom is -0.309 e. The SMILES string of the molecule is CC1CCCC(NCc2cc(Br)c(Br)s2)C1. The zero-order valence-corrected chi connectivity index (χ0v) is 13.4. The van der Waals surface area contributed by atoms with Crippen LogP contribution in [0.15, 0.2) is 14.3 Å². The maximum Gasteiger partial charge on any atom is 0.0843 e. The lowest BCUT2D eigenvalue weighted by Gasteiger charge is -2.27. The Bertz CT molecular complexity index is 331. The molecule has 1 aromatic heterocycles. The fourth-order valence-corrected chi connectivity index (χ4v) is 4.47. The Labute approximate surface area is 118 Å². The highest BCUT2D eigenvalue weighted by Gasteiger charge is 2.18. The van der Waals surface area contributed by atoms with Gasteiger partial charge >= 0.3 is 0 Å². The smallest absolute Gasteiger partial charge is 0.0843 e. The summed E-state index contributed by atoms with van der Waals surface area (Å²) in [7, 11) is 0. The third-order valence-electron chi connectivity index (χ3n) is 3.20. The summed E-state index contributed by atoms with van der Waals surface area (Å²) >= 11 is 8.87. The van der Waals surface area contributed by atoms with Crippen LogP contribution >= 0.6 is 43.2 Å². The molecule has 1 aromatic rings. The van der Waals surface area contributed by atoms with Crippen LogP contribution in [0.2, 0.25) is 0 Å². The topological polar surface area (TPSA) is 12.0 Å². The zero-order chi connectivity index (χ0) is 11.5. The van der Waals surface area contributed by atoms with E-state index in [9.17, 15) is 0 Å². The summed E-state index contributed by atoms with van der Waals surface area (Å²) in [5.41, 5.74) is 0. The highest BCUT2D eigenvalue weighted by molar-refractivity contribution is 9.13. The van der Waals surface area contributed by atoms with Crippen LogP contribution < -0.4 is 5.32 Å². The predicted octanol–water partition coefficient (Wildman–Crippen LogP) is 4.94. The van der Waals surface area contributed by atoms with Crippen molar-refractivity contribution in [2.75, 3.05) is 0 Å². The molecular weight excluding hydrogens is 350 g/mol. The number of nitrogens with one attached hydrogen (secondary N) is 1. The molecule has 90 valence electrons. The van der Waals surface area contributed by atoms with Gasteiger partial charge in [0.05, 0.1) is 3.79 Å². The Balaban J connectivity index is 1.82. The molecule has 0 saturated heterocycles. The van der Waals surface area contributed by atoms with Crippen LogP contribution in [0.25, 0.3) is 0 Å². The highest BCUT2D eigenvalue weighted by atomic mass is 79.9. The second-order valence-corrected chi connectivity index (χ2v) is 7.99. The van der Waals surface area contributed by atoms with Gasteiger partial charge in [0, 0.05) is 21.9 Å². The van der Waals surface area contributed by atoms with Gasteiger partial charge in [-0.05, 0) is 56.7 Å². The highest BCUT2D eigenvalue weighted by Crippen LogP contribution is 2.32. The lowest BCUT2D eigenvalue weighted by Crippen LogP contribution is -2.32. The van der Waals surface area contributed by atoms with E-state index in [-0.39, 0.29) is 0 Å². The van der Waals surface area contributed by atoms with Gasteiger partial charge in [0.1, 0.15) is 0 Å². The second kappa shape index (κ2) is 5.98. The second-order valence-electron chi connectivity index (χ2n) is 4.68. The van der Waals surface area contributed by atoms with E-state index in [2.05, 4.69) is 50.2 Å². The number of halogens is 2. The third-order valence-corrected chi connectivity index (χ3v) is 6.45. The third kappa shape index (κ3) is 3.56. The van der Waals surface area contributed by atoms with Gasteiger partial charge in [-0.2, -0.15) is 0 Å². The van der Waals surface area contributed by atoms with E-state index in [1.807, 2.05) is 11.3 Å². The molecule has 1 N–H and O–H groups in total. The molecule has 2 unspecified atom stereocenters. The van der Waals surface area contributed by atoms with Crippen molar-refractivity contribution in [3.05, 3.63) is 19.2 Å². The van der Waals surface area contributed by atoms with E-state index in [1.54, 1.807) is 0 Å². The number of thiophene rings is 1. The maximum atomic E-state index is 3.68. The molecule has 0 radical (unpaired) electrons. The van der Waals surface area contributed by atoms with Crippen molar-refractivity contribution in [3.8, 4) is 0 Å². The molecule has 0 amide bonds. The molecule has 1 saturated carbocycles. The summed E-state index contributed by atoms with van der Waals surface area (Å²) in [5, 5.41) is 3.68. The van der Waals surface area contributed by atoms with Crippen molar-refractivity contribution in [3.63, 3.8) is 0 Å². The summed E-state index contributed by atoms with van der Waals surface area (Å²) < 4.78 is 2.37. The molecule has 16 heavy (non-hydrogen) atoms. The first-order valence-corrected chi connectivity index (χ1v) is 8.22. The molecule has 0 aliphatic heterocycles. The molecule has 0 bridgehead atoms. The van der Waals surface area contributed by atoms with Gasteiger partial charge in [-0.1, -0.05) is 19.8 Å². The fraction of sp³-hybridized carbons (Fsp3) is 0.667. The van der Waals surface area contributed by atoms with Gasteiger partial charge in [0.15, 0.2) is 0 Å². The Morgan fingerprint density at radius 3 is 2.88 bits per heavy atom. The molecule has 1 heterocycles. The lowest BCUT2D eigenvalue weighted by atomic mass is 9.87. The Kier molecular flexibility index (Phi) is 4.89. The van der Waals surface area contributed by atoms with Crippen LogP contribution in [-0.2, 0) is 6.54 Å². The predicted molar refractivity (Wildman–Crippen MR) is 78.0 cm³/mol. The maximum absolute atomic E-state index is 3.68. The van der Waals surface area contributed by atoms with Crippen molar-refractivity contribution in [2.24, 2.45) is 5.92 Å². The van der Waals surface area contributed by atoms with E-state index >= 15 is 0 Å². The van der Waals surface area contributed by atoms with Crippen LogP contribution in [0.1, 0.15) is 37.5 Å². The Morgan fingerprint density at radius 1 is 1.44 bits per heavy atom. The quantitative estimate of drug-likeness (QED) is 0.798. The first-order chi connectivity index (χ1) is 7.65. The summed E-state index contributed by atoms with van der Waals surface area (Å²) in [6, 6.07) is 2.93. The lowest BCUT2D eigenvalue weighted by molar-refractivity contribution is 0.301. The van der Waals surface area contributed by atoms with Gasteiger partial charge in [-0.3, -0.25) is 0 Å². The van der Waals surface area contributed by atoms with Crippen LogP contribution in [0, 0.1) is 5.92 Å². The van der Waals surface area contributed by atoms with Crippen LogP contribution in [-0.4, -0.2) is 6.04 Å². The van der Waals surface area contributed by atoms with Crippen molar-refractivity contribution < 1.29 is 0 Å². The van der Waals surface area contributed by atoms with Gasteiger partial charge < -0.3 is 5.32 Å². The Hall–Kier alpha value is 0.620. The van der Waals surface area contributed by atoms with Crippen LogP contribution in [0.5, 0.6) is 0 Å². The standard InChI is InChI=1S/C12H17Br2NS/c1-8-3-2-4-9(5-8)15-7-10-6-11(13)12(14)16-10/h6,8-9,15H,2-5,7H2,1H3. The Morgan fingerprint density at radius 2 is 2.25 bits per heavy atom. The number of rotatable bonds is 3. The van der Waals surface area contributed by atoms with Crippen molar-refractivity contribution >= 4 is 43.2 Å². The summed E-state index contributed by atoms with van der Waals surface area (Å²) in [6.07, 6.45) is 5.48. The monoisotopic (exact) mass is 365 g/mol. The minimum absolute atomic E-state index is 0.725. The molecular formula is C12H17Br2NS. The molecule has 4 heteroatoms. The first-order valence-electron chi connectivity index (χ1n) is 5.82. The van der Waals surface area contributed by atoms with Crippen molar-refractivity contribution in [1.82, 2.24) is 5.32 Å². The summed E-state index contributed by atoms with van der Waals surface area (Å²) in [4.78, 5) is 1.40. The van der Waals surface area contributed by atoms with Gasteiger partial charge in [-0.25, -0.2) is 0 Å². The molecule has 0 aromatic carbocycles. The van der Waals surface area contributed by atoms with Gasteiger partial charge in [0.2, 0.25) is 0 Å². The molecule has 2 rings (SSSR count).